The van der Waals surface area contributed by atoms with Crippen molar-refractivity contribution in [2.24, 2.45) is 0 Å². The van der Waals surface area contributed by atoms with E-state index >= 15 is 0 Å². The molecule has 0 saturated heterocycles. The minimum absolute atomic E-state index is 0.000000000000000444. The molecule has 2 nitrogen and oxygen atoms in total. The zero-order valence-electron chi connectivity index (χ0n) is 7.47. The normalized spacial score (nSPS) is 14.9. The van der Waals surface area contributed by atoms with Gasteiger partial charge in [0, 0.05) is 5.54 Å². The number of hydrogen-bond donors (Lipinski definition) is 0. The highest BCUT2D eigenvalue weighted by atomic mass is 15.2. The number of rotatable bonds is 1. The smallest absolute Gasteiger partial charge is 0.0951 e. The standard InChI is InChI=1S/C8H16N2/c1-7(6-9)10(5)8(2,3)4/h7H,1-5H3. The van der Waals surface area contributed by atoms with E-state index in [1.54, 1.807) is 0 Å². The number of nitriles is 1. The maximum atomic E-state index is 8.58. The second-order valence-electron chi connectivity index (χ2n) is 3.59. The van der Waals surface area contributed by atoms with Crippen molar-refractivity contribution in [3.8, 4) is 6.07 Å². The van der Waals surface area contributed by atoms with E-state index in [2.05, 4.69) is 26.8 Å². The first-order valence-corrected chi connectivity index (χ1v) is 3.52. The molecule has 0 aromatic rings. The van der Waals surface area contributed by atoms with E-state index in [-0.39, 0.29) is 11.6 Å². The molecule has 1 unspecified atom stereocenters. The third kappa shape index (κ3) is 2.36. The molecule has 58 valence electrons. The summed E-state index contributed by atoms with van der Waals surface area (Å²) in [4.78, 5) is 2.05. The molecule has 1 atom stereocenters. The summed E-state index contributed by atoms with van der Waals surface area (Å²) in [6.07, 6.45) is 0. The van der Waals surface area contributed by atoms with Gasteiger partial charge in [0.05, 0.1) is 12.1 Å². The van der Waals surface area contributed by atoms with Gasteiger partial charge in [0.2, 0.25) is 0 Å². The topological polar surface area (TPSA) is 27.0 Å². The van der Waals surface area contributed by atoms with E-state index in [0.717, 1.165) is 0 Å². The van der Waals surface area contributed by atoms with Gasteiger partial charge in [0.15, 0.2) is 0 Å². The highest BCUT2D eigenvalue weighted by Crippen LogP contribution is 2.12. The lowest BCUT2D eigenvalue weighted by Crippen LogP contribution is -2.43. The van der Waals surface area contributed by atoms with Gasteiger partial charge in [-0.25, -0.2) is 0 Å². The van der Waals surface area contributed by atoms with E-state index in [1.807, 2.05) is 18.9 Å². The number of nitrogens with zero attached hydrogens (tertiary/aromatic N) is 2. The van der Waals surface area contributed by atoms with Crippen LogP contribution in [0.5, 0.6) is 0 Å². The second kappa shape index (κ2) is 3.03. The summed E-state index contributed by atoms with van der Waals surface area (Å²) in [7, 11) is 1.97. The highest BCUT2D eigenvalue weighted by Gasteiger charge is 2.21. The van der Waals surface area contributed by atoms with Crippen molar-refractivity contribution in [3.05, 3.63) is 0 Å². The van der Waals surface area contributed by atoms with Gasteiger partial charge < -0.3 is 0 Å². The van der Waals surface area contributed by atoms with Gasteiger partial charge in [-0.05, 0) is 34.7 Å². The first kappa shape index (κ1) is 9.45. The summed E-state index contributed by atoms with van der Waals surface area (Å²) < 4.78 is 0. The van der Waals surface area contributed by atoms with Crippen LogP contribution in [0.15, 0.2) is 0 Å². The first-order valence-electron chi connectivity index (χ1n) is 3.52. The van der Waals surface area contributed by atoms with Crippen molar-refractivity contribution in [2.45, 2.75) is 39.3 Å². The Labute approximate surface area is 63.4 Å². The summed E-state index contributed by atoms with van der Waals surface area (Å²) in [5.74, 6) is 0. The maximum Gasteiger partial charge on any atom is 0.0951 e. The average molecular weight is 140 g/mol. The summed E-state index contributed by atoms with van der Waals surface area (Å²) in [5.41, 5.74) is 0.0924. The van der Waals surface area contributed by atoms with E-state index in [1.165, 1.54) is 0 Å². The summed E-state index contributed by atoms with van der Waals surface area (Å²) in [5, 5.41) is 8.58. The molecular formula is C8H16N2. The molecule has 0 aliphatic carbocycles. The molecule has 0 aromatic carbocycles. The number of hydrogen-bond acceptors (Lipinski definition) is 2. The summed E-state index contributed by atoms with van der Waals surface area (Å²) in [6.45, 7) is 8.20. The van der Waals surface area contributed by atoms with E-state index in [4.69, 9.17) is 5.26 Å². The lowest BCUT2D eigenvalue weighted by Gasteiger charge is -2.33. The van der Waals surface area contributed by atoms with E-state index in [9.17, 15) is 0 Å². The maximum absolute atomic E-state index is 8.58. The molecule has 0 rings (SSSR count). The largest absolute Gasteiger partial charge is 0.286 e. The molecule has 0 aliphatic rings. The van der Waals surface area contributed by atoms with Crippen LogP contribution >= 0.6 is 0 Å². The monoisotopic (exact) mass is 140 g/mol. The fourth-order valence-electron chi connectivity index (χ4n) is 0.668. The Hall–Kier alpha value is -0.550. The van der Waals surface area contributed by atoms with E-state index < -0.39 is 0 Å². The third-order valence-electron chi connectivity index (χ3n) is 1.83. The summed E-state index contributed by atoms with van der Waals surface area (Å²) in [6, 6.07) is 2.20. The van der Waals surface area contributed by atoms with Gasteiger partial charge in [-0.2, -0.15) is 5.26 Å². The molecule has 0 heterocycles. The SMILES string of the molecule is CC(C#N)N(C)C(C)(C)C. The predicted molar refractivity (Wildman–Crippen MR) is 42.6 cm³/mol. The zero-order valence-corrected chi connectivity index (χ0v) is 7.47. The minimum atomic E-state index is -0.000000000000000444. The second-order valence-corrected chi connectivity index (χ2v) is 3.59. The molecule has 0 spiro atoms. The van der Waals surface area contributed by atoms with Gasteiger partial charge in [-0.3, -0.25) is 4.90 Å². The Kier molecular flexibility index (Phi) is 2.86. The van der Waals surface area contributed by atoms with Crippen LogP contribution in [0.1, 0.15) is 27.7 Å². The van der Waals surface area contributed by atoms with Crippen LogP contribution in [0, 0.1) is 11.3 Å². The van der Waals surface area contributed by atoms with Crippen LogP contribution in [0.2, 0.25) is 0 Å². The molecule has 0 radical (unpaired) electrons. The van der Waals surface area contributed by atoms with Crippen LogP contribution in [0.3, 0.4) is 0 Å². The molecule has 0 aromatic heterocycles. The Bertz CT molecular complexity index is 138. The van der Waals surface area contributed by atoms with Crippen LogP contribution in [0.4, 0.5) is 0 Å². The van der Waals surface area contributed by atoms with E-state index in [0.29, 0.717) is 0 Å². The van der Waals surface area contributed by atoms with Gasteiger partial charge in [-0.1, -0.05) is 0 Å². The molecule has 10 heavy (non-hydrogen) atoms. The van der Waals surface area contributed by atoms with Crippen molar-refractivity contribution in [3.63, 3.8) is 0 Å². The minimum Gasteiger partial charge on any atom is -0.286 e. The zero-order chi connectivity index (χ0) is 8.36. The van der Waals surface area contributed by atoms with Crippen LogP contribution < -0.4 is 0 Å². The van der Waals surface area contributed by atoms with Crippen molar-refractivity contribution in [2.75, 3.05) is 7.05 Å². The molecule has 0 amide bonds. The average Bonchev–Trinajstić information content (AvgIpc) is 1.83. The van der Waals surface area contributed by atoms with Crippen LogP contribution in [0.25, 0.3) is 0 Å². The Balaban J connectivity index is 4.11. The first-order chi connectivity index (χ1) is 4.39. The fraction of sp³-hybridized carbons (Fsp3) is 0.875. The molecule has 2 heteroatoms. The third-order valence-corrected chi connectivity index (χ3v) is 1.83. The molecular weight excluding hydrogens is 124 g/mol. The Morgan fingerprint density at radius 3 is 1.90 bits per heavy atom. The molecule has 0 fully saturated rings. The van der Waals surface area contributed by atoms with Crippen molar-refractivity contribution < 1.29 is 0 Å². The van der Waals surface area contributed by atoms with Crippen LogP contribution in [-0.4, -0.2) is 23.5 Å². The van der Waals surface area contributed by atoms with Crippen molar-refractivity contribution in [1.82, 2.24) is 4.90 Å². The fourth-order valence-corrected chi connectivity index (χ4v) is 0.668. The highest BCUT2D eigenvalue weighted by molar-refractivity contribution is 4.91. The van der Waals surface area contributed by atoms with Gasteiger partial charge in [0.25, 0.3) is 0 Å². The lowest BCUT2D eigenvalue weighted by atomic mass is 10.1. The lowest BCUT2D eigenvalue weighted by molar-refractivity contribution is 0.153. The Morgan fingerprint density at radius 2 is 1.80 bits per heavy atom. The molecule has 0 saturated carbocycles. The molecule has 0 bridgehead atoms. The van der Waals surface area contributed by atoms with Gasteiger partial charge in [-0.15, -0.1) is 0 Å². The van der Waals surface area contributed by atoms with Crippen LogP contribution in [-0.2, 0) is 0 Å². The summed E-state index contributed by atoms with van der Waals surface area (Å²) >= 11 is 0. The Morgan fingerprint density at radius 1 is 1.40 bits per heavy atom. The quantitative estimate of drug-likeness (QED) is 0.553. The van der Waals surface area contributed by atoms with Crippen molar-refractivity contribution in [1.29, 1.82) is 5.26 Å². The van der Waals surface area contributed by atoms with Crippen molar-refractivity contribution >= 4 is 0 Å². The predicted octanol–water partition coefficient (Wildman–Crippen LogP) is 1.63. The van der Waals surface area contributed by atoms with Gasteiger partial charge >= 0.3 is 0 Å². The van der Waals surface area contributed by atoms with Gasteiger partial charge in [0.1, 0.15) is 0 Å². The molecule has 0 aliphatic heterocycles. The molecule has 0 N–H and O–H groups in total.